The van der Waals surface area contributed by atoms with Gasteiger partial charge in [-0.3, -0.25) is 9.89 Å². The molecule has 5 rings (SSSR count). The molecule has 1 aliphatic rings. The first-order valence-corrected chi connectivity index (χ1v) is 10.4. The first-order valence-electron chi connectivity index (χ1n) is 10.4. The highest BCUT2D eigenvalue weighted by molar-refractivity contribution is 6.10. The van der Waals surface area contributed by atoms with E-state index in [0.717, 1.165) is 22.0 Å². The third-order valence-electron chi connectivity index (χ3n) is 5.90. The van der Waals surface area contributed by atoms with E-state index in [1.165, 1.54) is 12.1 Å². The van der Waals surface area contributed by atoms with Crippen molar-refractivity contribution in [1.29, 1.82) is 0 Å². The van der Waals surface area contributed by atoms with Crippen LogP contribution in [0.5, 0.6) is 11.6 Å². The zero-order valence-electron chi connectivity index (χ0n) is 17.5. The molecule has 0 aliphatic carbocycles. The number of ketones is 1. The summed E-state index contributed by atoms with van der Waals surface area (Å²) in [5.74, 6) is 0.284. The summed E-state index contributed by atoms with van der Waals surface area (Å²) in [7, 11) is 1.56. The molecule has 0 fully saturated rings. The molecule has 4 aromatic rings. The Hall–Kier alpha value is -3.65. The number of nitrogens with zero attached hydrogens (tertiary/aromatic N) is 2. The zero-order valence-corrected chi connectivity index (χ0v) is 17.5. The second-order valence-electron chi connectivity index (χ2n) is 7.83. The first-order chi connectivity index (χ1) is 15.6. The lowest BCUT2D eigenvalue weighted by atomic mass is 9.89. The zero-order chi connectivity index (χ0) is 22.2. The van der Waals surface area contributed by atoms with Crippen LogP contribution in [-0.4, -0.2) is 46.0 Å². The van der Waals surface area contributed by atoms with E-state index in [-0.39, 0.29) is 24.8 Å². The molecule has 1 unspecified atom stereocenters. The fourth-order valence-corrected chi connectivity index (χ4v) is 4.34. The average molecular weight is 435 g/mol. The maximum atomic E-state index is 13.7. The van der Waals surface area contributed by atoms with E-state index in [2.05, 4.69) is 10.2 Å². The summed E-state index contributed by atoms with van der Waals surface area (Å²) in [4.78, 5) is 13.5. The van der Waals surface area contributed by atoms with Crippen LogP contribution in [0.15, 0.2) is 48.8 Å². The molecule has 2 N–H and O–H groups in total. The molecule has 0 spiro atoms. The van der Waals surface area contributed by atoms with E-state index in [4.69, 9.17) is 9.47 Å². The van der Waals surface area contributed by atoms with Crippen molar-refractivity contribution < 1.29 is 23.8 Å². The SMILES string of the molecule is COc1n[nH]cc1-c1ccc2c(C(=O)C3COc4ccc(F)cc4C3)cn(CCO)c2c1. The van der Waals surface area contributed by atoms with Gasteiger partial charge in [-0.25, -0.2) is 4.39 Å². The molecule has 0 amide bonds. The van der Waals surface area contributed by atoms with Crippen molar-refractivity contribution in [2.24, 2.45) is 5.92 Å². The van der Waals surface area contributed by atoms with Crippen molar-refractivity contribution in [1.82, 2.24) is 14.8 Å². The number of aromatic amines is 1. The number of benzene rings is 2. The van der Waals surface area contributed by atoms with Crippen LogP contribution in [0, 0.1) is 11.7 Å². The van der Waals surface area contributed by atoms with Gasteiger partial charge in [0.1, 0.15) is 11.6 Å². The number of aromatic nitrogens is 3. The van der Waals surface area contributed by atoms with Crippen LogP contribution >= 0.6 is 0 Å². The third kappa shape index (κ3) is 3.42. The number of Topliss-reactive ketones (excluding diaryl/α,β-unsaturated/α-hetero) is 1. The number of nitrogens with one attached hydrogen (secondary N) is 1. The fourth-order valence-electron chi connectivity index (χ4n) is 4.34. The van der Waals surface area contributed by atoms with E-state index < -0.39 is 5.92 Å². The lowest BCUT2D eigenvalue weighted by Crippen LogP contribution is -2.28. The molecule has 0 saturated heterocycles. The van der Waals surface area contributed by atoms with Gasteiger partial charge >= 0.3 is 0 Å². The normalized spacial score (nSPS) is 15.4. The number of aliphatic hydroxyl groups excluding tert-OH is 1. The number of halogens is 1. The maximum absolute atomic E-state index is 13.7. The highest BCUT2D eigenvalue weighted by atomic mass is 19.1. The average Bonchev–Trinajstić information content (AvgIpc) is 3.43. The molecule has 1 atom stereocenters. The van der Waals surface area contributed by atoms with Gasteiger partial charge in [0, 0.05) is 35.4 Å². The van der Waals surface area contributed by atoms with Gasteiger partial charge < -0.3 is 19.1 Å². The number of methoxy groups -OCH3 is 1. The second-order valence-corrected chi connectivity index (χ2v) is 7.83. The molecular weight excluding hydrogens is 413 g/mol. The van der Waals surface area contributed by atoms with Crippen LogP contribution < -0.4 is 9.47 Å². The van der Waals surface area contributed by atoms with Crippen LogP contribution in [-0.2, 0) is 13.0 Å². The molecular formula is C24H22FN3O4. The quantitative estimate of drug-likeness (QED) is 0.452. The highest BCUT2D eigenvalue weighted by Gasteiger charge is 2.29. The number of carbonyl (C=O) groups is 1. The third-order valence-corrected chi connectivity index (χ3v) is 5.90. The van der Waals surface area contributed by atoms with Crippen LogP contribution in [0.25, 0.3) is 22.0 Å². The van der Waals surface area contributed by atoms with Crippen molar-refractivity contribution in [3.8, 4) is 22.8 Å². The van der Waals surface area contributed by atoms with Gasteiger partial charge in [-0.2, -0.15) is 0 Å². The van der Waals surface area contributed by atoms with Crippen LogP contribution in [0.2, 0.25) is 0 Å². The Morgan fingerprint density at radius 1 is 1.34 bits per heavy atom. The highest BCUT2D eigenvalue weighted by Crippen LogP contribution is 2.34. The molecule has 0 saturated carbocycles. The van der Waals surface area contributed by atoms with Gasteiger partial charge in [-0.1, -0.05) is 12.1 Å². The van der Waals surface area contributed by atoms with Crippen molar-refractivity contribution in [3.05, 3.63) is 65.7 Å². The number of hydrogen-bond donors (Lipinski definition) is 2. The maximum Gasteiger partial charge on any atom is 0.240 e. The van der Waals surface area contributed by atoms with Crippen molar-refractivity contribution in [3.63, 3.8) is 0 Å². The lowest BCUT2D eigenvalue weighted by Gasteiger charge is -2.24. The predicted octanol–water partition coefficient (Wildman–Crippen LogP) is 3.61. The van der Waals surface area contributed by atoms with E-state index in [9.17, 15) is 14.3 Å². The Bertz CT molecular complexity index is 1310. The van der Waals surface area contributed by atoms with Gasteiger partial charge in [0.25, 0.3) is 0 Å². The van der Waals surface area contributed by atoms with Gasteiger partial charge in [0.15, 0.2) is 5.78 Å². The Labute approximate surface area is 183 Å². The number of rotatable bonds is 6. The molecule has 32 heavy (non-hydrogen) atoms. The Kier molecular flexibility index (Phi) is 5.14. The number of ether oxygens (including phenoxy) is 2. The number of carbonyl (C=O) groups excluding carboxylic acids is 1. The number of H-pyrrole nitrogens is 1. The van der Waals surface area contributed by atoms with Crippen molar-refractivity contribution in [2.45, 2.75) is 13.0 Å². The van der Waals surface area contributed by atoms with Gasteiger partial charge in [0.2, 0.25) is 5.88 Å². The van der Waals surface area contributed by atoms with E-state index in [1.54, 1.807) is 25.6 Å². The standard InChI is InChI=1S/C24H22FN3O4/c1-31-24-19(11-26-27-24)14-2-4-18-20(12-28(6-7-29)21(18)10-14)23(30)16-8-15-9-17(25)3-5-22(15)32-13-16/h2-5,9-12,16,29H,6-8,13H2,1H3,(H,26,27). The summed E-state index contributed by atoms with van der Waals surface area (Å²) < 4.78 is 26.6. The van der Waals surface area contributed by atoms with Crippen LogP contribution in [0.3, 0.4) is 0 Å². The molecule has 164 valence electrons. The Balaban J connectivity index is 1.53. The predicted molar refractivity (Wildman–Crippen MR) is 117 cm³/mol. The minimum atomic E-state index is -0.411. The van der Waals surface area contributed by atoms with E-state index in [1.807, 2.05) is 22.8 Å². The molecule has 2 aromatic heterocycles. The molecule has 2 aromatic carbocycles. The Morgan fingerprint density at radius 2 is 2.22 bits per heavy atom. The number of fused-ring (bicyclic) bond motifs is 2. The molecule has 1 aliphatic heterocycles. The monoisotopic (exact) mass is 435 g/mol. The summed E-state index contributed by atoms with van der Waals surface area (Å²) in [6, 6.07) is 10.2. The largest absolute Gasteiger partial charge is 0.493 e. The van der Waals surface area contributed by atoms with E-state index >= 15 is 0 Å². The minimum absolute atomic E-state index is 0.0597. The minimum Gasteiger partial charge on any atom is -0.493 e. The molecule has 0 radical (unpaired) electrons. The second kappa shape index (κ2) is 8.12. The number of aliphatic hydroxyl groups is 1. The fraction of sp³-hybridized carbons (Fsp3) is 0.250. The van der Waals surface area contributed by atoms with E-state index in [0.29, 0.717) is 35.7 Å². The summed E-state index contributed by atoms with van der Waals surface area (Å²) in [6.07, 6.45) is 3.95. The summed E-state index contributed by atoms with van der Waals surface area (Å²) >= 11 is 0. The van der Waals surface area contributed by atoms with Crippen LogP contribution in [0.1, 0.15) is 15.9 Å². The first kappa shape index (κ1) is 20.3. The summed E-state index contributed by atoms with van der Waals surface area (Å²) in [6.45, 7) is 0.537. The molecule has 8 heteroatoms. The van der Waals surface area contributed by atoms with Gasteiger partial charge in [0.05, 0.1) is 31.8 Å². The lowest BCUT2D eigenvalue weighted by molar-refractivity contribution is 0.0856. The van der Waals surface area contributed by atoms with Gasteiger partial charge in [-0.05, 0) is 41.8 Å². The van der Waals surface area contributed by atoms with Gasteiger partial charge in [-0.15, -0.1) is 5.10 Å². The molecule has 7 nitrogen and oxygen atoms in total. The van der Waals surface area contributed by atoms with Crippen molar-refractivity contribution in [2.75, 3.05) is 20.3 Å². The number of hydrogen-bond acceptors (Lipinski definition) is 5. The summed E-state index contributed by atoms with van der Waals surface area (Å²) in [5.41, 5.74) is 3.77. The van der Waals surface area contributed by atoms with Crippen molar-refractivity contribution >= 4 is 16.7 Å². The Morgan fingerprint density at radius 3 is 3.03 bits per heavy atom. The molecule has 3 heterocycles. The molecule has 0 bridgehead atoms. The summed E-state index contributed by atoms with van der Waals surface area (Å²) in [5, 5.41) is 17.2. The smallest absolute Gasteiger partial charge is 0.240 e. The van der Waals surface area contributed by atoms with Crippen LogP contribution in [0.4, 0.5) is 4.39 Å². The topological polar surface area (TPSA) is 89.4 Å².